The van der Waals surface area contributed by atoms with Crippen molar-refractivity contribution in [2.24, 2.45) is 0 Å². The van der Waals surface area contributed by atoms with Crippen molar-refractivity contribution in [3.63, 3.8) is 0 Å². The second-order valence-corrected chi connectivity index (χ2v) is 6.99. The van der Waals surface area contributed by atoms with E-state index in [-0.39, 0.29) is 6.04 Å². The zero-order chi connectivity index (χ0) is 18.4. The van der Waals surface area contributed by atoms with E-state index in [1.165, 1.54) is 4.90 Å². The lowest BCUT2D eigenvalue weighted by molar-refractivity contribution is -0.890. The molecule has 3 N–H and O–H groups in total. The fourth-order valence-electron chi connectivity index (χ4n) is 2.62. The number of para-hydroxylation sites is 1. The third-order valence-corrected chi connectivity index (χ3v) is 4.76. The molecule has 0 heterocycles. The predicted molar refractivity (Wildman–Crippen MR) is 109 cm³/mol. The molecule has 0 aliphatic heterocycles. The summed E-state index contributed by atoms with van der Waals surface area (Å²) in [4.78, 5) is 1.29. The molecule has 0 saturated heterocycles. The van der Waals surface area contributed by atoms with Crippen LogP contribution in [0.5, 0.6) is 5.75 Å². The number of quaternary nitrogens is 1. The third kappa shape index (κ3) is 5.33. The topological polar surface area (TPSA) is 37.7 Å². The predicted octanol–water partition coefficient (Wildman–Crippen LogP) is 2.83. The van der Waals surface area contributed by atoms with Crippen LogP contribution in [0.1, 0.15) is 17.2 Å². The lowest BCUT2D eigenvalue weighted by Crippen LogP contribution is -3.07. The van der Waals surface area contributed by atoms with Gasteiger partial charge >= 0.3 is 0 Å². The van der Waals surface area contributed by atoms with Gasteiger partial charge in [0.25, 0.3) is 0 Å². The lowest BCUT2D eigenvalue weighted by atomic mass is 10.0. The number of aryl methyl sites for hydroxylation is 1. The second-order valence-electron chi connectivity index (χ2n) is 6.17. The molecule has 0 aliphatic rings. The van der Waals surface area contributed by atoms with Crippen LogP contribution in [0.25, 0.3) is 0 Å². The van der Waals surface area contributed by atoms with E-state index in [0.29, 0.717) is 11.7 Å². The Labute approximate surface area is 160 Å². The summed E-state index contributed by atoms with van der Waals surface area (Å²) in [6, 6.07) is 14.1. The molecule has 0 saturated carbocycles. The molecule has 6 heteroatoms. The monoisotopic (exact) mass is 378 g/mol. The average molecular weight is 379 g/mol. The van der Waals surface area contributed by atoms with Crippen LogP contribution >= 0.6 is 23.8 Å². The van der Waals surface area contributed by atoms with Gasteiger partial charge in [-0.2, -0.15) is 0 Å². The summed E-state index contributed by atoms with van der Waals surface area (Å²) < 4.78 is 5.50. The SMILES string of the molecule is COc1ccccc1[C@@H](CNC(=S)Nc1ccc(C)c(Cl)c1)[NH+](C)C. The summed E-state index contributed by atoms with van der Waals surface area (Å²) in [6.07, 6.45) is 0. The molecule has 2 rings (SSSR count). The molecule has 1 atom stereocenters. The number of halogens is 1. The molecular formula is C19H25ClN3OS+. The van der Waals surface area contributed by atoms with Gasteiger partial charge in [-0.25, -0.2) is 0 Å². The van der Waals surface area contributed by atoms with Gasteiger partial charge in [-0.15, -0.1) is 0 Å². The fourth-order valence-corrected chi connectivity index (χ4v) is 3.00. The minimum absolute atomic E-state index is 0.206. The van der Waals surface area contributed by atoms with Gasteiger partial charge in [0.05, 0.1) is 33.3 Å². The van der Waals surface area contributed by atoms with Gasteiger partial charge in [-0.1, -0.05) is 29.8 Å². The zero-order valence-electron chi connectivity index (χ0n) is 15.0. The Balaban J connectivity index is 2.03. The van der Waals surface area contributed by atoms with Crippen molar-refractivity contribution < 1.29 is 9.64 Å². The Morgan fingerprint density at radius 1 is 1.24 bits per heavy atom. The van der Waals surface area contributed by atoms with E-state index in [1.807, 2.05) is 43.3 Å². The van der Waals surface area contributed by atoms with Crippen LogP contribution in [0.3, 0.4) is 0 Å². The van der Waals surface area contributed by atoms with Crippen LogP contribution in [-0.4, -0.2) is 32.9 Å². The van der Waals surface area contributed by atoms with Crippen molar-refractivity contribution in [2.45, 2.75) is 13.0 Å². The molecule has 0 aromatic heterocycles. The Morgan fingerprint density at radius 3 is 2.60 bits per heavy atom. The quantitative estimate of drug-likeness (QED) is 0.676. The Hall–Kier alpha value is -1.82. The smallest absolute Gasteiger partial charge is 0.171 e. The normalized spacial score (nSPS) is 11.9. The van der Waals surface area contributed by atoms with Gasteiger partial charge in [0.15, 0.2) is 5.11 Å². The molecule has 134 valence electrons. The highest BCUT2D eigenvalue weighted by Gasteiger charge is 2.21. The van der Waals surface area contributed by atoms with Gasteiger partial charge in [0.1, 0.15) is 11.8 Å². The maximum atomic E-state index is 6.16. The summed E-state index contributed by atoms with van der Waals surface area (Å²) in [5, 5.41) is 7.77. The highest BCUT2D eigenvalue weighted by atomic mass is 35.5. The van der Waals surface area contributed by atoms with E-state index < -0.39 is 0 Å². The van der Waals surface area contributed by atoms with Crippen molar-refractivity contribution >= 4 is 34.6 Å². The first-order valence-electron chi connectivity index (χ1n) is 8.16. The molecule has 0 bridgehead atoms. The number of methoxy groups -OCH3 is 1. The van der Waals surface area contributed by atoms with Gasteiger partial charge < -0.3 is 20.3 Å². The third-order valence-electron chi connectivity index (χ3n) is 4.11. The highest BCUT2D eigenvalue weighted by Crippen LogP contribution is 2.23. The number of nitrogens with one attached hydrogen (secondary N) is 3. The zero-order valence-corrected chi connectivity index (χ0v) is 16.6. The molecule has 2 aromatic rings. The lowest BCUT2D eigenvalue weighted by Gasteiger charge is -2.24. The summed E-state index contributed by atoms with van der Waals surface area (Å²) in [7, 11) is 5.94. The van der Waals surface area contributed by atoms with Crippen LogP contribution in [-0.2, 0) is 0 Å². The molecule has 0 spiro atoms. The minimum atomic E-state index is 0.206. The van der Waals surface area contributed by atoms with Crippen LogP contribution in [0.2, 0.25) is 5.02 Å². The Bertz CT molecular complexity index is 736. The van der Waals surface area contributed by atoms with Crippen molar-refractivity contribution in [1.82, 2.24) is 5.32 Å². The number of thiocarbonyl (C=S) groups is 1. The average Bonchev–Trinajstić information content (AvgIpc) is 2.58. The molecule has 0 aliphatic carbocycles. The fraction of sp³-hybridized carbons (Fsp3) is 0.316. The maximum Gasteiger partial charge on any atom is 0.171 e. The van der Waals surface area contributed by atoms with Crippen molar-refractivity contribution in [1.29, 1.82) is 0 Å². The van der Waals surface area contributed by atoms with Crippen molar-refractivity contribution in [3.05, 3.63) is 58.6 Å². The number of benzene rings is 2. The summed E-state index contributed by atoms with van der Waals surface area (Å²) >= 11 is 11.6. The Kier molecular flexibility index (Phi) is 7.05. The van der Waals surface area contributed by atoms with E-state index in [9.17, 15) is 0 Å². The minimum Gasteiger partial charge on any atom is -0.496 e. The number of anilines is 1. The van der Waals surface area contributed by atoms with E-state index in [0.717, 1.165) is 27.6 Å². The Morgan fingerprint density at radius 2 is 1.96 bits per heavy atom. The summed E-state index contributed by atoms with van der Waals surface area (Å²) in [5.41, 5.74) is 3.07. The number of likely N-dealkylation sites (N-methyl/N-ethyl adjacent to an activating group) is 1. The molecule has 0 fully saturated rings. The van der Waals surface area contributed by atoms with Crippen molar-refractivity contribution in [2.75, 3.05) is 33.1 Å². The second kappa shape index (κ2) is 9.04. The van der Waals surface area contributed by atoms with Crippen molar-refractivity contribution in [3.8, 4) is 5.75 Å². The first kappa shape index (κ1) is 19.5. The highest BCUT2D eigenvalue weighted by molar-refractivity contribution is 7.80. The molecule has 0 unspecified atom stereocenters. The number of rotatable bonds is 6. The van der Waals surface area contributed by atoms with Crippen LogP contribution in [0.4, 0.5) is 5.69 Å². The molecule has 0 amide bonds. The van der Waals surface area contributed by atoms with Gasteiger partial charge in [-0.05, 0) is 49.0 Å². The van der Waals surface area contributed by atoms with Gasteiger partial charge in [0, 0.05) is 10.7 Å². The van der Waals surface area contributed by atoms with Gasteiger partial charge in [0.2, 0.25) is 0 Å². The number of ether oxygens (including phenoxy) is 1. The van der Waals surface area contributed by atoms with E-state index in [1.54, 1.807) is 7.11 Å². The van der Waals surface area contributed by atoms with E-state index in [2.05, 4.69) is 30.8 Å². The molecule has 0 radical (unpaired) electrons. The standard InChI is InChI=1S/C19H24ClN3OS/c1-13-9-10-14(11-16(13)20)22-19(25)21-12-17(23(2)3)15-7-5-6-8-18(15)24-4/h5-11,17H,12H2,1-4H3,(H2,21,22,25)/p+1/t17-/m1/s1. The summed E-state index contributed by atoms with van der Waals surface area (Å²) in [5.74, 6) is 0.889. The van der Waals surface area contributed by atoms with Gasteiger partial charge in [-0.3, -0.25) is 0 Å². The van der Waals surface area contributed by atoms with Crippen LogP contribution < -0.4 is 20.3 Å². The number of hydrogen-bond acceptors (Lipinski definition) is 2. The first-order valence-corrected chi connectivity index (χ1v) is 8.95. The maximum absolute atomic E-state index is 6.16. The van der Waals surface area contributed by atoms with E-state index in [4.69, 9.17) is 28.6 Å². The first-order chi connectivity index (χ1) is 11.9. The largest absolute Gasteiger partial charge is 0.496 e. The van der Waals surface area contributed by atoms with Crippen LogP contribution in [0, 0.1) is 6.92 Å². The van der Waals surface area contributed by atoms with Crippen LogP contribution in [0.15, 0.2) is 42.5 Å². The molecule has 25 heavy (non-hydrogen) atoms. The molecule has 4 nitrogen and oxygen atoms in total. The number of hydrogen-bond donors (Lipinski definition) is 3. The molecular weight excluding hydrogens is 354 g/mol. The summed E-state index contributed by atoms with van der Waals surface area (Å²) in [6.45, 7) is 2.66. The molecule has 2 aromatic carbocycles. The van der Waals surface area contributed by atoms with E-state index >= 15 is 0 Å².